The van der Waals surface area contributed by atoms with Crippen LogP contribution in [0.15, 0.2) is 54.7 Å². The summed E-state index contributed by atoms with van der Waals surface area (Å²) in [6.45, 7) is 0.378. The van der Waals surface area contributed by atoms with E-state index >= 15 is 0 Å². The fourth-order valence-corrected chi connectivity index (χ4v) is 4.23. The minimum atomic E-state index is -1.07. The van der Waals surface area contributed by atoms with Gasteiger partial charge >= 0.3 is 5.97 Å². The van der Waals surface area contributed by atoms with Gasteiger partial charge < -0.3 is 21.1 Å². The van der Waals surface area contributed by atoms with Gasteiger partial charge in [0, 0.05) is 29.7 Å². The number of carbonyl (C=O) groups excluding carboxylic acids is 2. The number of aliphatic carboxylic acids is 1. The van der Waals surface area contributed by atoms with E-state index in [1.807, 2.05) is 24.3 Å². The molecule has 2 heterocycles. The van der Waals surface area contributed by atoms with Gasteiger partial charge in [-0.3, -0.25) is 19.7 Å². The fourth-order valence-electron chi connectivity index (χ4n) is 4.11. The summed E-state index contributed by atoms with van der Waals surface area (Å²) in [6.07, 6.45) is 2.46. The Morgan fingerprint density at radius 3 is 2.57 bits per heavy atom. The van der Waals surface area contributed by atoms with Crippen molar-refractivity contribution in [3.63, 3.8) is 0 Å². The summed E-state index contributed by atoms with van der Waals surface area (Å²) in [5.74, 6) is -1.17. The molecule has 0 aliphatic carbocycles. The van der Waals surface area contributed by atoms with E-state index in [4.69, 9.17) is 22.4 Å². The average molecular weight is 496 g/mol. The topological polar surface area (TPSA) is 138 Å². The number of carboxylic acids is 1. The number of halogens is 1. The van der Waals surface area contributed by atoms with E-state index in [2.05, 4.69) is 15.6 Å². The molecule has 0 unspecified atom stereocenters. The number of nitrogen functional groups attached to an aromatic ring is 1. The molecule has 0 radical (unpaired) electrons. The van der Waals surface area contributed by atoms with Crippen LogP contribution in [0, 0.1) is 0 Å². The Morgan fingerprint density at radius 2 is 1.89 bits per heavy atom. The molecule has 1 saturated heterocycles. The first-order valence-corrected chi connectivity index (χ1v) is 11.6. The van der Waals surface area contributed by atoms with Crippen molar-refractivity contribution >= 4 is 46.0 Å². The lowest BCUT2D eigenvalue weighted by Crippen LogP contribution is -2.62. The van der Waals surface area contributed by atoms with Gasteiger partial charge in [-0.25, -0.2) is 4.98 Å². The minimum absolute atomic E-state index is 0.248. The van der Waals surface area contributed by atoms with E-state index in [1.54, 1.807) is 30.5 Å². The van der Waals surface area contributed by atoms with Crippen LogP contribution < -0.4 is 16.4 Å². The zero-order valence-corrected chi connectivity index (χ0v) is 19.7. The van der Waals surface area contributed by atoms with Crippen LogP contribution in [-0.4, -0.2) is 57.9 Å². The van der Waals surface area contributed by atoms with Crippen LogP contribution in [-0.2, 0) is 27.3 Å². The number of nitrogens with two attached hydrogens (primary N) is 1. The zero-order chi connectivity index (χ0) is 24.9. The Morgan fingerprint density at radius 1 is 1.14 bits per heavy atom. The molecule has 2 amide bonds. The molecule has 3 aromatic rings. The van der Waals surface area contributed by atoms with Crippen LogP contribution >= 0.6 is 11.6 Å². The van der Waals surface area contributed by atoms with Gasteiger partial charge in [-0.2, -0.15) is 0 Å². The molecule has 9 nitrogen and oxygen atoms in total. The molecule has 1 aliphatic heterocycles. The highest BCUT2D eigenvalue weighted by molar-refractivity contribution is 6.30. The smallest absolute Gasteiger partial charge is 0.317 e. The Bertz CT molecular complexity index is 1250. The lowest BCUT2D eigenvalue weighted by atomic mass is 9.97. The molecular weight excluding hydrogens is 470 g/mol. The normalized spacial score (nSPS) is 15.9. The molecule has 1 aromatic heterocycles. The second-order valence-electron chi connectivity index (χ2n) is 8.46. The molecule has 2 atom stereocenters. The van der Waals surface area contributed by atoms with E-state index < -0.39 is 18.1 Å². The maximum atomic E-state index is 13.2. The Labute approximate surface area is 207 Å². The highest BCUT2D eigenvalue weighted by atomic mass is 35.5. The van der Waals surface area contributed by atoms with Gasteiger partial charge in [0.1, 0.15) is 11.9 Å². The Hall–Kier alpha value is -3.69. The SMILES string of the molecule is Nc1nccc2cc(CNC(=O)[C@@H]3CCN3C(=O)[C@@H](Cc3ccc(Cl)cc3)NCC(=O)O)ccc12. The maximum absolute atomic E-state index is 13.2. The molecule has 5 N–H and O–H groups in total. The van der Waals surface area contributed by atoms with Gasteiger partial charge in [-0.15, -0.1) is 0 Å². The van der Waals surface area contributed by atoms with Gasteiger partial charge in [0.2, 0.25) is 11.8 Å². The van der Waals surface area contributed by atoms with Crippen molar-refractivity contribution in [3.05, 3.63) is 70.9 Å². The van der Waals surface area contributed by atoms with Gasteiger partial charge in [0.25, 0.3) is 0 Å². The number of benzene rings is 2. The number of fused-ring (bicyclic) bond motifs is 1. The van der Waals surface area contributed by atoms with Gasteiger partial charge in [0.15, 0.2) is 0 Å². The molecule has 1 fully saturated rings. The highest BCUT2D eigenvalue weighted by Crippen LogP contribution is 2.22. The van der Waals surface area contributed by atoms with Crippen molar-refractivity contribution in [1.29, 1.82) is 0 Å². The standard InChI is InChI=1S/C25H26ClN5O4/c26-18-4-1-15(2-5-18)12-20(29-14-22(32)33)25(35)31-10-8-21(31)24(34)30-13-16-3-6-19-17(11-16)7-9-28-23(19)27/h1-7,9,11,20-21,29H,8,10,12-14H2,(H2,27,28)(H,30,34)(H,32,33)/t20-,21+/m1/s1. The fraction of sp³-hybridized carbons (Fsp3) is 0.280. The van der Waals surface area contributed by atoms with Crippen LogP contribution in [0.1, 0.15) is 17.5 Å². The molecule has 182 valence electrons. The number of pyridine rings is 1. The lowest BCUT2D eigenvalue weighted by Gasteiger charge is -2.41. The van der Waals surface area contributed by atoms with Crippen LogP contribution in [0.5, 0.6) is 0 Å². The monoisotopic (exact) mass is 495 g/mol. The summed E-state index contributed by atoms with van der Waals surface area (Å²) in [5, 5.41) is 17.1. The predicted molar refractivity (Wildman–Crippen MR) is 133 cm³/mol. The number of carbonyl (C=O) groups is 3. The number of hydrogen-bond acceptors (Lipinski definition) is 6. The van der Waals surface area contributed by atoms with Crippen LogP contribution in [0.4, 0.5) is 5.82 Å². The van der Waals surface area contributed by atoms with Crippen LogP contribution in [0.3, 0.4) is 0 Å². The summed E-state index contributed by atoms with van der Waals surface area (Å²) in [4.78, 5) is 42.7. The molecular formula is C25H26ClN5O4. The largest absolute Gasteiger partial charge is 0.480 e. The molecule has 0 spiro atoms. The van der Waals surface area contributed by atoms with Crippen molar-refractivity contribution in [1.82, 2.24) is 20.5 Å². The van der Waals surface area contributed by atoms with E-state index in [9.17, 15) is 14.4 Å². The first-order chi connectivity index (χ1) is 16.8. The number of aromatic nitrogens is 1. The van der Waals surface area contributed by atoms with Gasteiger partial charge in [-0.05, 0) is 53.6 Å². The average Bonchev–Trinajstić information content (AvgIpc) is 2.81. The first-order valence-electron chi connectivity index (χ1n) is 11.2. The van der Waals surface area contributed by atoms with E-state index in [1.165, 1.54) is 4.90 Å². The van der Waals surface area contributed by atoms with Crippen molar-refractivity contribution in [3.8, 4) is 0 Å². The van der Waals surface area contributed by atoms with Crippen LogP contribution in [0.2, 0.25) is 5.02 Å². The molecule has 0 bridgehead atoms. The molecule has 2 aromatic carbocycles. The zero-order valence-electron chi connectivity index (χ0n) is 18.9. The summed E-state index contributed by atoms with van der Waals surface area (Å²) in [6, 6.07) is 13.2. The third kappa shape index (κ3) is 5.87. The molecule has 0 saturated carbocycles. The first kappa shape index (κ1) is 24.4. The van der Waals surface area contributed by atoms with Crippen molar-refractivity contribution in [2.24, 2.45) is 0 Å². The number of rotatable bonds is 9. The number of nitrogens with zero attached hydrogens (tertiary/aromatic N) is 2. The number of amides is 2. The number of nitrogens with one attached hydrogen (secondary N) is 2. The summed E-state index contributed by atoms with van der Waals surface area (Å²) in [7, 11) is 0. The number of hydrogen-bond donors (Lipinski definition) is 4. The molecule has 4 rings (SSSR count). The second kappa shape index (κ2) is 10.7. The van der Waals surface area contributed by atoms with E-state index in [0.29, 0.717) is 30.4 Å². The summed E-state index contributed by atoms with van der Waals surface area (Å²) in [5.41, 5.74) is 7.63. The third-order valence-electron chi connectivity index (χ3n) is 6.08. The summed E-state index contributed by atoms with van der Waals surface area (Å²) >= 11 is 5.94. The predicted octanol–water partition coefficient (Wildman–Crippen LogP) is 1.97. The second-order valence-corrected chi connectivity index (χ2v) is 8.90. The molecule has 35 heavy (non-hydrogen) atoms. The van der Waals surface area contributed by atoms with Gasteiger partial charge in [0.05, 0.1) is 12.6 Å². The quantitative estimate of drug-likeness (QED) is 0.356. The maximum Gasteiger partial charge on any atom is 0.317 e. The van der Waals surface area contributed by atoms with Gasteiger partial charge in [-0.1, -0.05) is 35.9 Å². The van der Waals surface area contributed by atoms with Crippen molar-refractivity contribution < 1.29 is 19.5 Å². The van der Waals surface area contributed by atoms with Crippen molar-refractivity contribution in [2.75, 3.05) is 18.8 Å². The van der Waals surface area contributed by atoms with E-state index in [-0.39, 0.29) is 24.8 Å². The van der Waals surface area contributed by atoms with Crippen molar-refractivity contribution in [2.45, 2.75) is 31.5 Å². The molecule has 10 heteroatoms. The third-order valence-corrected chi connectivity index (χ3v) is 6.33. The Balaban J connectivity index is 1.39. The summed E-state index contributed by atoms with van der Waals surface area (Å²) < 4.78 is 0. The number of carboxylic acid groups (broad SMARTS) is 1. The Kier molecular flexibility index (Phi) is 7.48. The minimum Gasteiger partial charge on any atom is -0.480 e. The van der Waals surface area contributed by atoms with E-state index in [0.717, 1.165) is 21.9 Å². The molecule has 1 aliphatic rings. The lowest BCUT2D eigenvalue weighted by molar-refractivity contribution is -0.149. The number of anilines is 1. The van der Waals surface area contributed by atoms with Crippen LogP contribution in [0.25, 0.3) is 10.8 Å². The highest BCUT2D eigenvalue weighted by Gasteiger charge is 2.40. The number of likely N-dealkylation sites (tertiary alicyclic amines) is 1.